The van der Waals surface area contributed by atoms with E-state index in [2.05, 4.69) is 5.32 Å². The van der Waals surface area contributed by atoms with Gasteiger partial charge in [-0.2, -0.15) is 0 Å². The van der Waals surface area contributed by atoms with Crippen LogP contribution < -0.4 is 5.32 Å². The van der Waals surface area contributed by atoms with Gasteiger partial charge < -0.3 is 10.1 Å². The molecule has 4 nitrogen and oxygen atoms in total. The smallest absolute Gasteiger partial charge is 0.307 e. The molecule has 0 aliphatic heterocycles. The number of carbonyl (C=O) groups is 2. The van der Waals surface area contributed by atoms with Gasteiger partial charge in [0.25, 0.3) is 5.91 Å². The monoisotopic (exact) mass is 341 g/mol. The van der Waals surface area contributed by atoms with Gasteiger partial charge in [0.1, 0.15) is 0 Å². The van der Waals surface area contributed by atoms with Crippen molar-refractivity contribution in [3.8, 4) is 0 Å². The minimum Gasteiger partial charge on any atom is -0.453 e. The van der Waals surface area contributed by atoms with E-state index in [-0.39, 0.29) is 17.3 Å². The van der Waals surface area contributed by atoms with E-state index in [0.717, 1.165) is 23.4 Å². The fraction of sp³-hybridized carbons (Fsp3) is 0.619. The predicted molar refractivity (Wildman–Crippen MR) is 95.8 cm³/mol. The molecule has 4 aliphatic carbocycles. The Morgan fingerprint density at radius 1 is 1.08 bits per heavy atom. The number of hydrogen-bond donors (Lipinski definition) is 1. The number of anilines is 1. The summed E-state index contributed by atoms with van der Waals surface area (Å²) in [5.41, 5.74) is 0.873. The van der Waals surface area contributed by atoms with Crippen molar-refractivity contribution >= 4 is 17.6 Å². The number of carbonyl (C=O) groups excluding carboxylic acids is 2. The molecule has 134 valence electrons. The zero-order chi connectivity index (χ0) is 17.4. The van der Waals surface area contributed by atoms with Gasteiger partial charge in [0.05, 0.1) is 6.42 Å². The van der Waals surface area contributed by atoms with E-state index in [1.165, 1.54) is 38.5 Å². The molecule has 4 bridgehead atoms. The number of ether oxygens (including phenoxy) is 1. The molecule has 0 radical (unpaired) electrons. The van der Waals surface area contributed by atoms with E-state index in [0.29, 0.717) is 6.42 Å². The maximum Gasteiger partial charge on any atom is 0.307 e. The number of amides is 1. The van der Waals surface area contributed by atoms with Crippen molar-refractivity contribution in [1.82, 2.24) is 0 Å². The SMILES string of the molecule is CC(OC(=O)CC12CC3CC(CC(C3)C1)C2)C(=O)Nc1ccccc1. The summed E-state index contributed by atoms with van der Waals surface area (Å²) in [5.74, 6) is 1.97. The van der Waals surface area contributed by atoms with Crippen LogP contribution in [0.1, 0.15) is 51.9 Å². The average Bonchev–Trinajstić information content (AvgIpc) is 2.53. The highest BCUT2D eigenvalue weighted by Crippen LogP contribution is 2.61. The number of nitrogens with one attached hydrogen (secondary N) is 1. The normalized spacial score (nSPS) is 33.7. The van der Waals surface area contributed by atoms with Crippen LogP contribution in [0, 0.1) is 23.2 Å². The third-order valence-corrected chi connectivity index (χ3v) is 6.40. The van der Waals surface area contributed by atoms with Crippen LogP contribution in [0.4, 0.5) is 5.69 Å². The lowest BCUT2D eigenvalue weighted by Crippen LogP contribution is -2.47. The van der Waals surface area contributed by atoms with Crippen LogP contribution in [0.25, 0.3) is 0 Å². The third kappa shape index (κ3) is 3.58. The Balaban J connectivity index is 1.32. The highest BCUT2D eigenvalue weighted by Gasteiger charge is 2.51. The summed E-state index contributed by atoms with van der Waals surface area (Å²) in [5, 5.41) is 2.79. The number of para-hydroxylation sites is 1. The maximum absolute atomic E-state index is 12.5. The zero-order valence-electron chi connectivity index (χ0n) is 14.9. The van der Waals surface area contributed by atoms with Crippen molar-refractivity contribution in [3.05, 3.63) is 30.3 Å². The predicted octanol–water partition coefficient (Wildman–Crippen LogP) is 4.16. The lowest BCUT2D eigenvalue weighted by Gasteiger charge is -2.56. The zero-order valence-corrected chi connectivity index (χ0v) is 14.9. The second-order valence-corrected chi connectivity index (χ2v) is 8.58. The Labute approximate surface area is 149 Å². The summed E-state index contributed by atoms with van der Waals surface area (Å²) in [6.45, 7) is 1.65. The minimum atomic E-state index is -0.762. The molecule has 5 rings (SSSR count). The van der Waals surface area contributed by atoms with E-state index in [1.54, 1.807) is 6.92 Å². The molecule has 0 spiro atoms. The quantitative estimate of drug-likeness (QED) is 0.818. The molecule has 1 aromatic rings. The molecule has 1 atom stereocenters. The average molecular weight is 341 g/mol. The Hall–Kier alpha value is -1.84. The fourth-order valence-corrected chi connectivity index (χ4v) is 5.87. The van der Waals surface area contributed by atoms with Gasteiger partial charge in [-0.3, -0.25) is 9.59 Å². The van der Waals surface area contributed by atoms with Crippen LogP contribution in [0.2, 0.25) is 0 Å². The standard InChI is InChI=1S/C21H27NO3/c1-14(20(24)22-18-5-3-2-4-6-18)25-19(23)13-21-10-15-7-16(11-21)9-17(8-15)12-21/h2-6,14-17H,7-13H2,1H3,(H,22,24). The first-order valence-electron chi connectivity index (χ1n) is 9.57. The first-order valence-corrected chi connectivity index (χ1v) is 9.57. The van der Waals surface area contributed by atoms with Gasteiger partial charge in [0, 0.05) is 5.69 Å². The van der Waals surface area contributed by atoms with Gasteiger partial charge in [-0.1, -0.05) is 18.2 Å². The molecule has 0 aromatic heterocycles. The first-order chi connectivity index (χ1) is 12.0. The van der Waals surface area contributed by atoms with Crippen molar-refractivity contribution in [1.29, 1.82) is 0 Å². The molecule has 4 heteroatoms. The first kappa shape index (κ1) is 16.6. The van der Waals surface area contributed by atoms with Crippen LogP contribution in [-0.2, 0) is 14.3 Å². The number of rotatable bonds is 5. The van der Waals surface area contributed by atoms with E-state index in [1.807, 2.05) is 30.3 Å². The van der Waals surface area contributed by atoms with Crippen LogP contribution in [0.15, 0.2) is 30.3 Å². The topological polar surface area (TPSA) is 55.4 Å². The van der Waals surface area contributed by atoms with Crippen molar-refractivity contribution in [3.63, 3.8) is 0 Å². The van der Waals surface area contributed by atoms with Crippen molar-refractivity contribution < 1.29 is 14.3 Å². The Morgan fingerprint density at radius 2 is 1.64 bits per heavy atom. The molecular weight excluding hydrogens is 314 g/mol. The summed E-state index contributed by atoms with van der Waals surface area (Å²) in [4.78, 5) is 24.7. The number of esters is 1. The lowest BCUT2D eigenvalue weighted by molar-refractivity contribution is -0.160. The van der Waals surface area contributed by atoms with Gasteiger partial charge in [-0.05, 0) is 80.8 Å². The van der Waals surface area contributed by atoms with E-state index in [4.69, 9.17) is 4.74 Å². The Kier molecular flexibility index (Phi) is 4.30. The molecule has 1 N–H and O–H groups in total. The van der Waals surface area contributed by atoms with Crippen LogP contribution >= 0.6 is 0 Å². The molecule has 1 aromatic carbocycles. The number of hydrogen-bond acceptors (Lipinski definition) is 3. The molecular formula is C21H27NO3. The second-order valence-electron chi connectivity index (χ2n) is 8.58. The van der Waals surface area contributed by atoms with Gasteiger partial charge in [-0.15, -0.1) is 0 Å². The van der Waals surface area contributed by atoms with E-state index >= 15 is 0 Å². The van der Waals surface area contributed by atoms with Gasteiger partial charge in [0.2, 0.25) is 0 Å². The summed E-state index contributed by atoms with van der Waals surface area (Å²) in [6, 6.07) is 9.26. The van der Waals surface area contributed by atoms with Gasteiger partial charge >= 0.3 is 5.97 Å². The lowest BCUT2D eigenvalue weighted by atomic mass is 9.49. The molecule has 0 heterocycles. The highest BCUT2D eigenvalue weighted by atomic mass is 16.5. The van der Waals surface area contributed by atoms with E-state index < -0.39 is 6.10 Å². The highest BCUT2D eigenvalue weighted by molar-refractivity contribution is 5.95. The molecule has 4 saturated carbocycles. The molecule has 25 heavy (non-hydrogen) atoms. The second kappa shape index (κ2) is 6.47. The maximum atomic E-state index is 12.5. The number of benzene rings is 1. The van der Waals surface area contributed by atoms with Crippen molar-refractivity contribution in [2.24, 2.45) is 23.2 Å². The Bertz CT molecular complexity index is 619. The van der Waals surface area contributed by atoms with Crippen LogP contribution in [-0.4, -0.2) is 18.0 Å². The molecule has 1 unspecified atom stereocenters. The third-order valence-electron chi connectivity index (χ3n) is 6.40. The fourth-order valence-electron chi connectivity index (χ4n) is 5.87. The van der Waals surface area contributed by atoms with Gasteiger partial charge in [0.15, 0.2) is 6.10 Å². The summed E-state index contributed by atoms with van der Waals surface area (Å²) < 4.78 is 5.47. The largest absolute Gasteiger partial charge is 0.453 e. The molecule has 4 aliphatic rings. The molecule has 4 fully saturated rings. The minimum absolute atomic E-state index is 0.154. The van der Waals surface area contributed by atoms with Crippen LogP contribution in [0.3, 0.4) is 0 Å². The van der Waals surface area contributed by atoms with Crippen molar-refractivity contribution in [2.45, 2.75) is 58.0 Å². The van der Waals surface area contributed by atoms with Gasteiger partial charge in [-0.25, -0.2) is 0 Å². The molecule has 1 amide bonds. The summed E-state index contributed by atoms with van der Waals surface area (Å²) in [7, 11) is 0. The molecule has 0 saturated heterocycles. The van der Waals surface area contributed by atoms with Crippen LogP contribution in [0.5, 0.6) is 0 Å². The van der Waals surface area contributed by atoms with E-state index in [9.17, 15) is 9.59 Å². The summed E-state index contributed by atoms with van der Waals surface area (Å²) >= 11 is 0. The van der Waals surface area contributed by atoms with Crippen molar-refractivity contribution in [2.75, 3.05) is 5.32 Å². The summed E-state index contributed by atoms with van der Waals surface area (Å²) in [6.07, 6.45) is 7.36. The Morgan fingerprint density at radius 3 is 2.20 bits per heavy atom.